The van der Waals surface area contributed by atoms with E-state index in [1.807, 2.05) is 13.0 Å². The Labute approximate surface area is 181 Å². The zero-order chi connectivity index (χ0) is 21.4. The minimum Gasteiger partial charge on any atom is -0.482 e. The number of H-pyrrole nitrogens is 1. The first-order valence-electron chi connectivity index (χ1n) is 9.39. The van der Waals surface area contributed by atoms with Crippen LogP contribution in [0.4, 0.5) is 5.69 Å². The highest BCUT2D eigenvalue weighted by molar-refractivity contribution is 7.71. The Balaban J connectivity index is 1.70. The minimum absolute atomic E-state index is 0.0565. The van der Waals surface area contributed by atoms with E-state index in [0.717, 1.165) is 16.1 Å². The number of aryl methyl sites for hydroxylation is 1. The summed E-state index contributed by atoms with van der Waals surface area (Å²) in [5.74, 6) is 0.0239. The Morgan fingerprint density at radius 3 is 2.90 bits per heavy atom. The largest absolute Gasteiger partial charge is 0.482 e. The second-order valence-electron chi connectivity index (χ2n) is 6.82. The molecular formula is C21H19N3O4S2. The molecule has 1 aromatic carbocycles. The SMILES string of the molecule is C=CCN1C(=O)COc2ccc(C(=O)Cn3c(=S)[nH]c4sc(CC)cc4c3=O)cc21. The summed E-state index contributed by atoms with van der Waals surface area (Å²) in [7, 11) is 0. The number of hydrogen-bond acceptors (Lipinski definition) is 6. The van der Waals surface area contributed by atoms with Crippen LogP contribution in [0.25, 0.3) is 10.2 Å². The molecule has 0 fully saturated rings. The van der Waals surface area contributed by atoms with E-state index in [0.29, 0.717) is 28.9 Å². The van der Waals surface area contributed by atoms with Crippen molar-refractivity contribution < 1.29 is 14.3 Å². The van der Waals surface area contributed by atoms with Gasteiger partial charge >= 0.3 is 0 Å². The van der Waals surface area contributed by atoms with Crippen LogP contribution >= 0.6 is 23.6 Å². The van der Waals surface area contributed by atoms with Crippen LogP contribution in [0.3, 0.4) is 0 Å². The third-order valence-electron chi connectivity index (χ3n) is 4.91. The Morgan fingerprint density at radius 1 is 1.37 bits per heavy atom. The number of fused-ring (bicyclic) bond motifs is 2. The number of carbonyl (C=O) groups excluding carboxylic acids is 2. The van der Waals surface area contributed by atoms with Gasteiger partial charge in [-0.05, 0) is 42.9 Å². The number of aromatic nitrogens is 2. The molecule has 1 aliphatic heterocycles. The van der Waals surface area contributed by atoms with E-state index in [4.69, 9.17) is 17.0 Å². The van der Waals surface area contributed by atoms with Crippen molar-refractivity contribution in [1.82, 2.24) is 9.55 Å². The lowest BCUT2D eigenvalue weighted by Crippen LogP contribution is -2.39. The number of anilines is 1. The maximum absolute atomic E-state index is 13.0. The molecule has 0 radical (unpaired) electrons. The summed E-state index contributed by atoms with van der Waals surface area (Å²) in [5.41, 5.74) is 0.584. The molecule has 0 spiro atoms. The number of hydrogen-bond donors (Lipinski definition) is 1. The fourth-order valence-electron chi connectivity index (χ4n) is 3.35. The molecule has 1 aliphatic rings. The van der Waals surface area contributed by atoms with Gasteiger partial charge in [0.15, 0.2) is 17.2 Å². The van der Waals surface area contributed by atoms with Gasteiger partial charge in [-0.2, -0.15) is 0 Å². The lowest BCUT2D eigenvalue weighted by Gasteiger charge is -2.28. The molecule has 4 rings (SSSR count). The highest BCUT2D eigenvalue weighted by Gasteiger charge is 2.26. The topological polar surface area (TPSA) is 84.4 Å². The number of carbonyl (C=O) groups is 2. The Kier molecular flexibility index (Phi) is 5.40. The Morgan fingerprint density at radius 2 is 2.17 bits per heavy atom. The molecule has 0 saturated heterocycles. The maximum atomic E-state index is 13.0. The second kappa shape index (κ2) is 8.00. The number of ether oxygens (including phenoxy) is 1. The van der Waals surface area contributed by atoms with Gasteiger partial charge in [0.1, 0.15) is 10.6 Å². The fraction of sp³-hybridized carbons (Fsp3) is 0.238. The van der Waals surface area contributed by atoms with E-state index < -0.39 is 0 Å². The molecule has 9 heteroatoms. The quantitative estimate of drug-likeness (QED) is 0.360. The first-order chi connectivity index (χ1) is 14.4. The van der Waals surface area contributed by atoms with Crippen molar-refractivity contribution in [3.8, 4) is 5.75 Å². The summed E-state index contributed by atoms with van der Waals surface area (Å²) in [6.45, 7) is 5.75. The van der Waals surface area contributed by atoms with E-state index in [1.165, 1.54) is 20.8 Å². The molecule has 3 heterocycles. The number of nitrogens with zero attached hydrogens (tertiary/aromatic N) is 2. The molecule has 3 aromatic rings. The predicted octanol–water partition coefficient (Wildman–Crippen LogP) is 3.48. The van der Waals surface area contributed by atoms with E-state index in [-0.39, 0.29) is 35.2 Å². The average Bonchev–Trinajstić information content (AvgIpc) is 3.16. The third kappa shape index (κ3) is 3.50. The van der Waals surface area contributed by atoms with Crippen LogP contribution in [-0.4, -0.2) is 34.4 Å². The summed E-state index contributed by atoms with van der Waals surface area (Å²) in [5, 5.41) is 0.528. The molecule has 7 nitrogen and oxygen atoms in total. The standard InChI is InChI=1S/C21H19N3O4S2/c1-3-7-23-15-8-12(5-6-17(15)28-11-18(23)26)16(25)10-24-20(27)14-9-13(4-2)30-19(14)22-21(24)29/h3,5-6,8-9H,1,4,7,10-11H2,2H3,(H,22,29). The van der Waals surface area contributed by atoms with Crippen molar-refractivity contribution in [3.63, 3.8) is 0 Å². The molecule has 1 amide bonds. The zero-order valence-electron chi connectivity index (χ0n) is 16.3. The molecule has 30 heavy (non-hydrogen) atoms. The van der Waals surface area contributed by atoms with Crippen molar-refractivity contribution in [2.24, 2.45) is 0 Å². The fourth-order valence-corrected chi connectivity index (χ4v) is 4.65. The van der Waals surface area contributed by atoms with Gasteiger partial charge in [0.05, 0.1) is 17.6 Å². The Hall–Kier alpha value is -3.04. The molecule has 154 valence electrons. The number of ketones is 1. The number of thiophene rings is 1. The molecule has 1 N–H and O–H groups in total. The van der Waals surface area contributed by atoms with E-state index >= 15 is 0 Å². The van der Waals surface area contributed by atoms with E-state index in [1.54, 1.807) is 24.3 Å². The number of nitrogens with one attached hydrogen (secondary N) is 1. The molecule has 0 unspecified atom stereocenters. The normalized spacial score (nSPS) is 13.2. The highest BCUT2D eigenvalue weighted by atomic mass is 32.1. The minimum atomic E-state index is -0.290. The van der Waals surface area contributed by atoms with Crippen molar-refractivity contribution >= 4 is 51.1 Å². The van der Waals surface area contributed by atoms with Gasteiger partial charge in [-0.3, -0.25) is 19.0 Å². The van der Waals surface area contributed by atoms with Gasteiger partial charge < -0.3 is 14.6 Å². The van der Waals surface area contributed by atoms with Gasteiger partial charge in [0.25, 0.3) is 11.5 Å². The van der Waals surface area contributed by atoms with Crippen LogP contribution in [0.1, 0.15) is 22.2 Å². The van der Waals surface area contributed by atoms with Crippen LogP contribution in [0.2, 0.25) is 0 Å². The summed E-state index contributed by atoms with van der Waals surface area (Å²) < 4.78 is 6.93. The summed E-state index contributed by atoms with van der Waals surface area (Å²) in [6, 6.07) is 6.72. The van der Waals surface area contributed by atoms with Crippen LogP contribution in [0.5, 0.6) is 5.75 Å². The summed E-state index contributed by atoms with van der Waals surface area (Å²) in [6.07, 6.45) is 2.43. The van der Waals surface area contributed by atoms with Crippen LogP contribution in [0, 0.1) is 4.77 Å². The maximum Gasteiger partial charge on any atom is 0.265 e. The van der Waals surface area contributed by atoms with Crippen molar-refractivity contribution in [1.29, 1.82) is 0 Å². The predicted molar refractivity (Wildman–Crippen MR) is 119 cm³/mol. The van der Waals surface area contributed by atoms with Crippen molar-refractivity contribution in [2.45, 2.75) is 19.9 Å². The second-order valence-corrected chi connectivity index (χ2v) is 8.34. The first-order valence-corrected chi connectivity index (χ1v) is 10.6. The van der Waals surface area contributed by atoms with Gasteiger partial charge in [-0.1, -0.05) is 13.0 Å². The number of aromatic amines is 1. The van der Waals surface area contributed by atoms with Gasteiger partial charge in [-0.15, -0.1) is 17.9 Å². The van der Waals surface area contributed by atoms with Crippen LogP contribution in [0.15, 0.2) is 41.7 Å². The lowest BCUT2D eigenvalue weighted by molar-refractivity contribution is -0.121. The highest BCUT2D eigenvalue weighted by Crippen LogP contribution is 2.33. The van der Waals surface area contributed by atoms with Gasteiger partial charge in [0.2, 0.25) is 0 Å². The van der Waals surface area contributed by atoms with Crippen LogP contribution in [-0.2, 0) is 17.8 Å². The number of Topliss-reactive ketones (excluding diaryl/α,β-unsaturated/α-hetero) is 1. The van der Waals surface area contributed by atoms with Crippen molar-refractivity contribution in [3.05, 3.63) is 62.5 Å². The molecule has 0 bridgehead atoms. The first kappa shape index (κ1) is 20.2. The summed E-state index contributed by atoms with van der Waals surface area (Å²) >= 11 is 6.81. The average molecular weight is 442 g/mol. The van der Waals surface area contributed by atoms with Crippen LogP contribution < -0.4 is 15.2 Å². The van der Waals surface area contributed by atoms with Gasteiger partial charge in [-0.25, -0.2) is 0 Å². The van der Waals surface area contributed by atoms with E-state index in [2.05, 4.69) is 11.6 Å². The molecule has 2 aromatic heterocycles. The number of amides is 1. The van der Waals surface area contributed by atoms with E-state index in [9.17, 15) is 14.4 Å². The lowest BCUT2D eigenvalue weighted by atomic mass is 10.1. The monoisotopic (exact) mass is 441 g/mol. The Bertz CT molecular complexity index is 1300. The molecule has 0 aliphatic carbocycles. The molecule has 0 saturated carbocycles. The third-order valence-corrected chi connectivity index (χ3v) is 6.43. The number of rotatable bonds is 6. The summed E-state index contributed by atoms with van der Waals surface area (Å²) in [4.78, 5) is 44.4. The zero-order valence-corrected chi connectivity index (χ0v) is 17.9. The smallest absolute Gasteiger partial charge is 0.265 e. The number of benzene rings is 1. The molecular weight excluding hydrogens is 422 g/mol. The van der Waals surface area contributed by atoms with Gasteiger partial charge in [0, 0.05) is 17.0 Å². The molecule has 0 atom stereocenters. The van der Waals surface area contributed by atoms with Crippen molar-refractivity contribution in [2.75, 3.05) is 18.1 Å².